The van der Waals surface area contributed by atoms with Gasteiger partial charge in [0.1, 0.15) is 0 Å². The Morgan fingerprint density at radius 3 is 3.07 bits per heavy atom. The highest BCUT2D eigenvalue weighted by Crippen LogP contribution is 2.39. The van der Waals surface area contributed by atoms with E-state index in [1.807, 2.05) is 35.4 Å². The zero-order valence-corrected chi connectivity index (χ0v) is 15.6. The molecule has 5 aromatic heterocycles. The molecule has 2 N–H and O–H groups in total. The highest BCUT2D eigenvalue weighted by Gasteiger charge is 2.21. The predicted octanol–water partition coefficient (Wildman–Crippen LogP) is 4.19. The van der Waals surface area contributed by atoms with E-state index in [1.54, 1.807) is 23.8 Å². The Hall–Kier alpha value is -3.23. The maximum absolute atomic E-state index is 5.62. The number of furan rings is 1. The van der Waals surface area contributed by atoms with Crippen LogP contribution in [0.25, 0.3) is 32.2 Å². The molecule has 7 nitrogen and oxygen atoms in total. The molecule has 1 saturated heterocycles. The van der Waals surface area contributed by atoms with Crippen LogP contribution in [-0.2, 0) is 0 Å². The van der Waals surface area contributed by atoms with Gasteiger partial charge in [0.25, 0.3) is 0 Å². The summed E-state index contributed by atoms with van der Waals surface area (Å²) < 4.78 is 8.77. The number of nitrogens with zero attached hydrogens (tertiary/aromatic N) is 4. The second-order valence-electron chi connectivity index (χ2n) is 6.85. The normalized spacial score (nSPS) is 14.6. The molecule has 5 aromatic rings. The van der Waals surface area contributed by atoms with Gasteiger partial charge < -0.3 is 15.1 Å². The first-order valence-electron chi connectivity index (χ1n) is 9.06. The van der Waals surface area contributed by atoms with Crippen molar-refractivity contribution in [3.05, 3.63) is 54.8 Å². The van der Waals surface area contributed by atoms with Crippen molar-refractivity contribution in [2.24, 2.45) is 0 Å². The molecule has 0 bridgehead atoms. The summed E-state index contributed by atoms with van der Waals surface area (Å²) in [6.45, 7) is 1.93. The summed E-state index contributed by atoms with van der Waals surface area (Å²) in [6, 6.07) is 4.31. The third-order valence-corrected chi connectivity index (χ3v) is 6.07. The summed E-state index contributed by atoms with van der Waals surface area (Å²) in [5.41, 5.74) is 3.87. The van der Waals surface area contributed by atoms with Crippen molar-refractivity contribution < 1.29 is 4.42 Å². The molecular weight excluding hydrogens is 372 g/mol. The minimum atomic E-state index is 0.432. The van der Waals surface area contributed by atoms with Crippen LogP contribution in [0.5, 0.6) is 0 Å². The fraction of sp³-hybridized carbons (Fsp3) is 0.150. The first kappa shape index (κ1) is 15.8. The Labute approximate surface area is 164 Å². The number of pyridine rings is 2. The Morgan fingerprint density at radius 2 is 2.18 bits per heavy atom. The van der Waals surface area contributed by atoms with Crippen LogP contribution in [0, 0.1) is 0 Å². The average molecular weight is 388 g/mol. The van der Waals surface area contributed by atoms with Crippen molar-refractivity contribution in [2.45, 2.75) is 6.04 Å². The Bertz CT molecular complexity index is 1300. The topological polar surface area (TPSA) is 80.8 Å². The zero-order valence-electron chi connectivity index (χ0n) is 14.8. The van der Waals surface area contributed by atoms with Crippen molar-refractivity contribution in [1.82, 2.24) is 25.1 Å². The van der Waals surface area contributed by atoms with Gasteiger partial charge in [0.2, 0.25) is 0 Å². The highest BCUT2D eigenvalue weighted by atomic mass is 32.1. The predicted molar refractivity (Wildman–Crippen MR) is 110 cm³/mol. The van der Waals surface area contributed by atoms with Gasteiger partial charge in [-0.1, -0.05) is 0 Å². The minimum Gasteiger partial charge on any atom is -0.460 e. The van der Waals surface area contributed by atoms with Gasteiger partial charge in [-0.25, -0.2) is 4.98 Å². The van der Waals surface area contributed by atoms with Crippen molar-refractivity contribution in [3.8, 4) is 11.1 Å². The number of hydrogen-bond acceptors (Lipinski definition) is 7. The van der Waals surface area contributed by atoms with Gasteiger partial charge in [0.15, 0.2) is 11.4 Å². The van der Waals surface area contributed by atoms with Crippen LogP contribution in [0.1, 0.15) is 6.04 Å². The molecule has 0 aliphatic carbocycles. The van der Waals surface area contributed by atoms with E-state index in [0.717, 1.165) is 51.0 Å². The van der Waals surface area contributed by atoms with Gasteiger partial charge >= 0.3 is 0 Å². The van der Waals surface area contributed by atoms with Crippen LogP contribution in [0.4, 0.5) is 11.5 Å². The second kappa shape index (κ2) is 6.15. The summed E-state index contributed by atoms with van der Waals surface area (Å²) in [5, 5.41) is 15.5. The van der Waals surface area contributed by atoms with Gasteiger partial charge in [-0.3, -0.25) is 9.67 Å². The van der Waals surface area contributed by atoms with Crippen LogP contribution in [0.15, 0.2) is 59.2 Å². The summed E-state index contributed by atoms with van der Waals surface area (Å²) in [7, 11) is 0. The van der Waals surface area contributed by atoms with Gasteiger partial charge in [-0.05, 0) is 12.1 Å². The smallest absolute Gasteiger partial charge is 0.176 e. The van der Waals surface area contributed by atoms with Crippen LogP contribution in [0.2, 0.25) is 0 Å². The first-order chi connectivity index (χ1) is 13.9. The van der Waals surface area contributed by atoms with E-state index >= 15 is 0 Å². The van der Waals surface area contributed by atoms with Crippen molar-refractivity contribution in [3.63, 3.8) is 0 Å². The molecular formula is C20H16N6OS. The van der Waals surface area contributed by atoms with E-state index in [1.165, 1.54) is 0 Å². The molecule has 1 aliphatic rings. The molecule has 0 atom stereocenters. The quantitative estimate of drug-likeness (QED) is 0.481. The van der Waals surface area contributed by atoms with Crippen LogP contribution >= 0.6 is 11.3 Å². The molecule has 1 fully saturated rings. The van der Waals surface area contributed by atoms with Crippen molar-refractivity contribution >= 4 is 43.9 Å². The molecule has 0 radical (unpaired) electrons. The summed E-state index contributed by atoms with van der Waals surface area (Å²) >= 11 is 1.66. The number of anilines is 2. The van der Waals surface area contributed by atoms with E-state index in [0.29, 0.717) is 11.9 Å². The van der Waals surface area contributed by atoms with E-state index in [-0.39, 0.29) is 0 Å². The van der Waals surface area contributed by atoms with Crippen LogP contribution in [0.3, 0.4) is 0 Å². The summed E-state index contributed by atoms with van der Waals surface area (Å²) in [5.74, 6) is 0.709. The zero-order chi connectivity index (χ0) is 18.5. The summed E-state index contributed by atoms with van der Waals surface area (Å²) in [4.78, 5) is 8.91. The van der Waals surface area contributed by atoms with Gasteiger partial charge in [0.05, 0.1) is 28.9 Å². The molecule has 0 unspecified atom stereocenters. The summed E-state index contributed by atoms with van der Waals surface area (Å²) in [6.07, 6.45) is 11.3. The average Bonchev–Trinajstić information content (AvgIpc) is 3.40. The third kappa shape index (κ3) is 2.42. The SMILES string of the molecule is c1cc2ccoc2c(Nc2csc3cncc(-c4cnn(C5CNC5)c4)c23)n1. The number of hydrogen-bond donors (Lipinski definition) is 2. The molecule has 1 aliphatic heterocycles. The third-order valence-electron chi connectivity index (χ3n) is 5.15. The van der Waals surface area contributed by atoms with E-state index in [4.69, 9.17) is 4.42 Å². The number of rotatable bonds is 4. The molecule has 0 amide bonds. The molecule has 6 heterocycles. The molecule has 0 spiro atoms. The first-order valence-corrected chi connectivity index (χ1v) is 9.94. The molecule has 28 heavy (non-hydrogen) atoms. The lowest BCUT2D eigenvalue weighted by Gasteiger charge is -2.27. The monoisotopic (exact) mass is 388 g/mol. The highest BCUT2D eigenvalue weighted by molar-refractivity contribution is 7.17. The molecule has 6 rings (SSSR count). The lowest BCUT2D eigenvalue weighted by molar-refractivity contribution is 0.318. The number of nitrogens with one attached hydrogen (secondary N) is 2. The Balaban J connectivity index is 1.46. The number of fused-ring (bicyclic) bond motifs is 2. The Morgan fingerprint density at radius 1 is 1.21 bits per heavy atom. The van der Waals surface area contributed by atoms with E-state index in [2.05, 4.69) is 37.3 Å². The van der Waals surface area contributed by atoms with Gasteiger partial charge in [0, 0.05) is 65.2 Å². The largest absolute Gasteiger partial charge is 0.460 e. The van der Waals surface area contributed by atoms with Crippen LogP contribution < -0.4 is 10.6 Å². The molecule has 0 aromatic carbocycles. The van der Waals surface area contributed by atoms with Crippen molar-refractivity contribution in [1.29, 1.82) is 0 Å². The lowest BCUT2D eigenvalue weighted by Crippen LogP contribution is -2.43. The van der Waals surface area contributed by atoms with E-state index < -0.39 is 0 Å². The number of thiophene rings is 1. The molecule has 138 valence electrons. The van der Waals surface area contributed by atoms with Crippen molar-refractivity contribution in [2.75, 3.05) is 18.4 Å². The maximum Gasteiger partial charge on any atom is 0.176 e. The number of aromatic nitrogens is 4. The van der Waals surface area contributed by atoms with E-state index in [9.17, 15) is 0 Å². The van der Waals surface area contributed by atoms with Gasteiger partial charge in [-0.2, -0.15) is 5.10 Å². The fourth-order valence-corrected chi connectivity index (χ4v) is 4.43. The Kier molecular flexibility index (Phi) is 3.47. The molecule has 8 heteroatoms. The standard InChI is InChI=1S/C20H16N6OS/c1-3-23-20(19-12(1)2-4-27-19)25-16-11-28-17-9-22-8-15(18(16)17)13-5-24-26(10-13)14-6-21-7-14/h1-5,8-11,14,21H,6-7H2,(H,23,25). The minimum absolute atomic E-state index is 0.432. The second-order valence-corrected chi connectivity index (χ2v) is 7.77. The lowest BCUT2D eigenvalue weighted by atomic mass is 10.1. The fourth-order valence-electron chi connectivity index (χ4n) is 3.55. The van der Waals surface area contributed by atoms with Crippen LogP contribution in [-0.4, -0.2) is 32.8 Å². The molecule has 0 saturated carbocycles. The maximum atomic E-state index is 5.62. The van der Waals surface area contributed by atoms with Gasteiger partial charge in [-0.15, -0.1) is 11.3 Å².